The summed E-state index contributed by atoms with van der Waals surface area (Å²) in [4.78, 5) is 3.58. The van der Waals surface area contributed by atoms with Crippen molar-refractivity contribution in [2.75, 3.05) is 6.61 Å². The highest BCUT2D eigenvalue weighted by Crippen LogP contribution is 2.33. The molecular formula is C16H22N2O. The number of rotatable bonds is 4. The number of unbranched alkanes of at least 4 members (excludes halogenated alkanes) is 1. The average Bonchev–Trinajstić information content (AvgIpc) is 2.83. The number of H-pyrrole nitrogens is 1. The van der Waals surface area contributed by atoms with Crippen LogP contribution in [0.5, 0.6) is 0 Å². The summed E-state index contributed by atoms with van der Waals surface area (Å²) in [6.07, 6.45) is 4.47. The summed E-state index contributed by atoms with van der Waals surface area (Å²) >= 11 is 0. The zero-order valence-corrected chi connectivity index (χ0v) is 11.4. The van der Waals surface area contributed by atoms with Crippen LogP contribution in [-0.2, 0) is 6.42 Å². The normalized spacial score (nSPS) is 22.6. The predicted octanol–water partition coefficient (Wildman–Crippen LogP) is 2.91. The molecule has 19 heavy (non-hydrogen) atoms. The minimum Gasteiger partial charge on any atom is -0.395 e. The zero-order chi connectivity index (χ0) is 13.2. The standard InChI is InChI=1S/C16H22N2O/c1-2-3-7-15-16-13(9-11(10-19)17-15)12-6-4-5-8-14(12)18-16/h4-6,8,11,15,17-19H,2-3,7,9-10H2,1H3/t11-,15-/m0/s1. The summed E-state index contributed by atoms with van der Waals surface area (Å²) in [6, 6.07) is 9.03. The maximum Gasteiger partial charge on any atom is 0.0588 e. The van der Waals surface area contributed by atoms with E-state index in [1.54, 1.807) is 0 Å². The Bertz CT molecular complexity index is 561. The molecule has 102 valence electrons. The first-order valence-corrected chi connectivity index (χ1v) is 7.30. The van der Waals surface area contributed by atoms with E-state index >= 15 is 0 Å². The van der Waals surface area contributed by atoms with Crippen LogP contribution < -0.4 is 5.32 Å². The topological polar surface area (TPSA) is 48.0 Å². The number of aliphatic hydroxyl groups is 1. The molecule has 3 rings (SSSR count). The molecule has 2 atom stereocenters. The number of hydrogen-bond donors (Lipinski definition) is 3. The Kier molecular flexibility index (Phi) is 3.58. The van der Waals surface area contributed by atoms with Gasteiger partial charge in [-0.2, -0.15) is 0 Å². The molecule has 1 aromatic heterocycles. The van der Waals surface area contributed by atoms with Crippen LogP contribution in [0, 0.1) is 0 Å². The fourth-order valence-corrected chi connectivity index (χ4v) is 3.16. The maximum absolute atomic E-state index is 9.50. The summed E-state index contributed by atoms with van der Waals surface area (Å²) in [5, 5.41) is 14.4. The zero-order valence-electron chi connectivity index (χ0n) is 11.4. The predicted molar refractivity (Wildman–Crippen MR) is 78.3 cm³/mol. The first kappa shape index (κ1) is 12.7. The quantitative estimate of drug-likeness (QED) is 0.789. The monoisotopic (exact) mass is 258 g/mol. The molecule has 0 spiro atoms. The van der Waals surface area contributed by atoms with Gasteiger partial charge in [0.05, 0.1) is 6.61 Å². The molecule has 0 saturated carbocycles. The van der Waals surface area contributed by atoms with Crippen LogP contribution in [0.3, 0.4) is 0 Å². The molecular weight excluding hydrogens is 236 g/mol. The Labute approximate surface area is 114 Å². The van der Waals surface area contributed by atoms with Gasteiger partial charge in [-0.25, -0.2) is 0 Å². The van der Waals surface area contributed by atoms with Gasteiger partial charge in [0, 0.05) is 28.7 Å². The van der Waals surface area contributed by atoms with Crippen molar-refractivity contribution < 1.29 is 5.11 Å². The first-order valence-electron chi connectivity index (χ1n) is 7.30. The van der Waals surface area contributed by atoms with Gasteiger partial charge in [0.25, 0.3) is 0 Å². The number of para-hydroxylation sites is 1. The molecule has 2 heterocycles. The number of fused-ring (bicyclic) bond motifs is 3. The van der Waals surface area contributed by atoms with E-state index in [1.807, 2.05) is 0 Å². The minimum absolute atomic E-state index is 0.188. The van der Waals surface area contributed by atoms with E-state index < -0.39 is 0 Å². The van der Waals surface area contributed by atoms with Crippen LogP contribution in [0.4, 0.5) is 0 Å². The second-order valence-electron chi connectivity index (χ2n) is 5.51. The van der Waals surface area contributed by atoms with Crippen molar-refractivity contribution in [1.29, 1.82) is 0 Å². The SMILES string of the molecule is CCCC[C@@H]1N[C@H](CO)Cc2c1[nH]c1ccccc21. The summed E-state index contributed by atoms with van der Waals surface area (Å²) in [6.45, 7) is 2.43. The molecule has 3 heteroatoms. The number of nitrogens with one attached hydrogen (secondary N) is 2. The highest BCUT2D eigenvalue weighted by Gasteiger charge is 2.28. The van der Waals surface area contributed by atoms with E-state index in [0.717, 1.165) is 12.8 Å². The Hall–Kier alpha value is -1.32. The molecule has 0 bridgehead atoms. The van der Waals surface area contributed by atoms with Crippen LogP contribution in [0.25, 0.3) is 10.9 Å². The first-order chi connectivity index (χ1) is 9.33. The third-order valence-electron chi connectivity index (χ3n) is 4.15. The Morgan fingerprint density at radius 1 is 1.32 bits per heavy atom. The van der Waals surface area contributed by atoms with Crippen molar-refractivity contribution >= 4 is 10.9 Å². The average molecular weight is 258 g/mol. The number of benzene rings is 1. The Morgan fingerprint density at radius 3 is 2.95 bits per heavy atom. The lowest BCUT2D eigenvalue weighted by atomic mass is 9.92. The van der Waals surface area contributed by atoms with Gasteiger partial charge in [0.1, 0.15) is 0 Å². The molecule has 0 fully saturated rings. The molecule has 0 amide bonds. The largest absolute Gasteiger partial charge is 0.395 e. The lowest BCUT2D eigenvalue weighted by Crippen LogP contribution is -2.41. The minimum atomic E-state index is 0.188. The van der Waals surface area contributed by atoms with Gasteiger partial charge in [0.2, 0.25) is 0 Å². The van der Waals surface area contributed by atoms with E-state index in [0.29, 0.717) is 6.04 Å². The molecule has 1 aliphatic heterocycles. The lowest BCUT2D eigenvalue weighted by Gasteiger charge is -2.30. The summed E-state index contributed by atoms with van der Waals surface area (Å²) in [7, 11) is 0. The second kappa shape index (κ2) is 5.35. The smallest absolute Gasteiger partial charge is 0.0588 e. The van der Waals surface area contributed by atoms with Crippen molar-refractivity contribution in [3.8, 4) is 0 Å². The number of aromatic amines is 1. The second-order valence-corrected chi connectivity index (χ2v) is 5.51. The van der Waals surface area contributed by atoms with Gasteiger partial charge < -0.3 is 15.4 Å². The number of aromatic nitrogens is 1. The van der Waals surface area contributed by atoms with E-state index in [1.165, 1.54) is 35.0 Å². The fraction of sp³-hybridized carbons (Fsp3) is 0.500. The molecule has 0 unspecified atom stereocenters. The third-order valence-corrected chi connectivity index (χ3v) is 4.15. The van der Waals surface area contributed by atoms with Crippen molar-refractivity contribution in [3.63, 3.8) is 0 Å². The maximum atomic E-state index is 9.50. The molecule has 0 radical (unpaired) electrons. The molecule has 2 aromatic rings. The highest BCUT2D eigenvalue weighted by molar-refractivity contribution is 5.85. The van der Waals surface area contributed by atoms with Crippen LogP contribution in [0.15, 0.2) is 24.3 Å². The van der Waals surface area contributed by atoms with E-state index in [2.05, 4.69) is 41.5 Å². The molecule has 0 aliphatic carbocycles. The summed E-state index contributed by atoms with van der Waals surface area (Å²) in [5.74, 6) is 0. The van der Waals surface area contributed by atoms with Crippen molar-refractivity contribution in [3.05, 3.63) is 35.5 Å². The van der Waals surface area contributed by atoms with Crippen LogP contribution >= 0.6 is 0 Å². The van der Waals surface area contributed by atoms with Crippen molar-refractivity contribution in [2.24, 2.45) is 0 Å². The number of aliphatic hydroxyl groups excluding tert-OH is 1. The highest BCUT2D eigenvalue weighted by atomic mass is 16.3. The molecule has 1 aliphatic rings. The van der Waals surface area contributed by atoms with E-state index in [4.69, 9.17) is 0 Å². The van der Waals surface area contributed by atoms with Gasteiger partial charge in [-0.1, -0.05) is 38.0 Å². The van der Waals surface area contributed by atoms with Gasteiger partial charge in [-0.15, -0.1) is 0 Å². The van der Waals surface area contributed by atoms with Crippen molar-refractivity contribution in [1.82, 2.24) is 10.3 Å². The van der Waals surface area contributed by atoms with Gasteiger partial charge in [-0.05, 0) is 24.5 Å². The van der Waals surface area contributed by atoms with Gasteiger partial charge in [0.15, 0.2) is 0 Å². The summed E-state index contributed by atoms with van der Waals surface area (Å²) < 4.78 is 0. The lowest BCUT2D eigenvalue weighted by molar-refractivity contribution is 0.219. The molecule has 0 saturated heterocycles. The molecule has 3 N–H and O–H groups in total. The van der Waals surface area contributed by atoms with Crippen LogP contribution in [-0.4, -0.2) is 22.7 Å². The third kappa shape index (κ3) is 2.28. The van der Waals surface area contributed by atoms with Crippen molar-refractivity contribution in [2.45, 2.75) is 44.7 Å². The Morgan fingerprint density at radius 2 is 2.16 bits per heavy atom. The Balaban J connectivity index is 2.02. The van der Waals surface area contributed by atoms with Crippen LogP contribution in [0.2, 0.25) is 0 Å². The van der Waals surface area contributed by atoms with E-state index in [-0.39, 0.29) is 12.6 Å². The summed E-state index contributed by atoms with van der Waals surface area (Å²) in [5.41, 5.74) is 3.95. The van der Waals surface area contributed by atoms with Gasteiger partial charge >= 0.3 is 0 Å². The molecule has 3 nitrogen and oxygen atoms in total. The van der Waals surface area contributed by atoms with E-state index in [9.17, 15) is 5.11 Å². The number of hydrogen-bond acceptors (Lipinski definition) is 2. The fourth-order valence-electron chi connectivity index (χ4n) is 3.16. The van der Waals surface area contributed by atoms with Crippen LogP contribution in [0.1, 0.15) is 43.5 Å². The van der Waals surface area contributed by atoms with Gasteiger partial charge in [-0.3, -0.25) is 0 Å². The molecule has 1 aromatic carbocycles.